The van der Waals surface area contributed by atoms with Gasteiger partial charge >= 0.3 is 0 Å². The lowest BCUT2D eigenvalue weighted by Crippen LogP contribution is -2.32. The number of benzene rings is 1. The zero-order chi connectivity index (χ0) is 18.6. The van der Waals surface area contributed by atoms with Gasteiger partial charge in [-0.1, -0.05) is 13.8 Å². The van der Waals surface area contributed by atoms with Gasteiger partial charge in [0.15, 0.2) is 11.5 Å². The van der Waals surface area contributed by atoms with Crippen LogP contribution in [0.1, 0.15) is 33.0 Å². The molecular formula is C18H25N3O4. The number of aromatic nitrogens is 2. The lowest BCUT2D eigenvalue weighted by atomic mass is 10.1. The summed E-state index contributed by atoms with van der Waals surface area (Å²) in [7, 11) is 3.04. The summed E-state index contributed by atoms with van der Waals surface area (Å²) >= 11 is 0. The Kier molecular flexibility index (Phi) is 6.01. The van der Waals surface area contributed by atoms with Crippen molar-refractivity contribution in [3.8, 4) is 11.5 Å². The highest BCUT2D eigenvalue weighted by Gasteiger charge is 2.16. The summed E-state index contributed by atoms with van der Waals surface area (Å²) in [6.45, 7) is 6.73. The van der Waals surface area contributed by atoms with Gasteiger partial charge in [0.05, 0.1) is 31.7 Å². The number of nitrogens with zero attached hydrogens (tertiary/aromatic N) is 2. The predicted molar refractivity (Wildman–Crippen MR) is 96.0 cm³/mol. The smallest absolute Gasteiger partial charge is 0.258 e. The van der Waals surface area contributed by atoms with Gasteiger partial charge in [-0.2, -0.15) is 0 Å². The molecule has 0 atom stereocenters. The van der Waals surface area contributed by atoms with E-state index in [1.54, 1.807) is 17.0 Å². The largest absolute Gasteiger partial charge is 0.493 e. The first-order valence-corrected chi connectivity index (χ1v) is 8.32. The third kappa shape index (κ3) is 4.29. The number of carbonyl (C=O) groups excluding carboxylic acids is 1. The van der Waals surface area contributed by atoms with Crippen LogP contribution in [0, 0.1) is 5.92 Å². The topological polar surface area (TPSA) is 84.5 Å². The van der Waals surface area contributed by atoms with Crippen LogP contribution in [0.4, 0.5) is 0 Å². The van der Waals surface area contributed by atoms with E-state index in [4.69, 9.17) is 9.47 Å². The second kappa shape index (κ2) is 8.00. The van der Waals surface area contributed by atoms with Crippen LogP contribution >= 0.6 is 0 Å². The van der Waals surface area contributed by atoms with E-state index in [0.29, 0.717) is 41.2 Å². The number of nitrogens with one attached hydrogen (secondary N) is 1. The molecule has 7 heteroatoms. The van der Waals surface area contributed by atoms with Gasteiger partial charge in [0.2, 0.25) is 5.91 Å². The second-order valence-electron chi connectivity index (χ2n) is 6.24. The lowest BCUT2D eigenvalue weighted by Gasteiger charge is -2.21. The molecule has 0 aliphatic heterocycles. The number of aromatic amines is 1. The average Bonchev–Trinajstić information content (AvgIpc) is 2.57. The van der Waals surface area contributed by atoms with Crippen molar-refractivity contribution in [1.29, 1.82) is 0 Å². The Labute approximate surface area is 147 Å². The molecular weight excluding hydrogens is 322 g/mol. The van der Waals surface area contributed by atoms with Crippen molar-refractivity contribution >= 4 is 16.8 Å². The van der Waals surface area contributed by atoms with Crippen LogP contribution in [0.3, 0.4) is 0 Å². The van der Waals surface area contributed by atoms with Gasteiger partial charge in [-0.3, -0.25) is 9.59 Å². The summed E-state index contributed by atoms with van der Waals surface area (Å²) in [6, 6.07) is 3.27. The fourth-order valence-electron chi connectivity index (χ4n) is 2.62. The van der Waals surface area contributed by atoms with Gasteiger partial charge in [-0.05, 0) is 18.9 Å². The third-order valence-electron chi connectivity index (χ3n) is 3.92. The molecule has 0 spiro atoms. The molecule has 136 valence electrons. The summed E-state index contributed by atoms with van der Waals surface area (Å²) in [5.74, 6) is 1.75. The molecule has 1 heterocycles. The minimum atomic E-state index is -0.270. The maximum atomic E-state index is 12.4. The summed E-state index contributed by atoms with van der Waals surface area (Å²) in [5, 5.41) is 0.415. The van der Waals surface area contributed by atoms with Gasteiger partial charge in [0.25, 0.3) is 5.56 Å². The van der Waals surface area contributed by atoms with Gasteiger partial charge in [0.1, 0.15) is 5.82 Å². The van der Waals surface area contributed by atoms with Crippen molar-refractivity contribution in [1.82, 2.24) is 14.9 Å². The molecule has 0 bridgehead atoms. The number of ether oxygens (including phenoxy) is 2. The SMILES string of the molecule is CCN(Cc1nc2cc(OC)c(OC)cc2c(=O)[nH]1)C(=O)CC(C)C. The summed E-state index contributed by atoms with van der Waals surface area (Å²) in [4.78, 5) is 33.6. The van der Waals surface area contributed by atoms with Crippen molar-refractivity contribution in [2.45, 2.75) is 33.7 Å². The van der Waals surface area contributed by atoms with E-state index in [1.165, 1.54) is 14.2 Å². The molecule has 1 aromatic heterocycles. The summed E-state index contributed by atoms with van der Waals surface area (Å²) in [5.41, 5.74) is 0.233. The van der Waals surface area contributed by atoms with Gasteiger partial charge in [-0.25, -0.2) is 4.98 Å². The Hall–Kier alpha value is -2.57. The molecule has 2 rings (SSSR count). The Bertz CT molecular complexity index is 814. The number of H-pyrrole nitrogens is 1. The van der Waals surface area contributed by atoms with Crippen LogP contribution in [-0.2, 0) is 11.3 Å². The molecule has 0 saturated heterocycles. The number of amides is 1. The number of rotatable bonds is 7. The molecule has 7 nitrogen and oxygen atoms in total. The van der Waals surface area contributed by atoms with Crippen LogP contribution in [0.15, 0.2) is 16.9 Å². The number of fused-ring (bicyclic) bond motifs is 1. The molecule has 1 aromatic carbocycles. The zero-order valence-corrected chi connectivity index (χ0v) is 15.4. The maximum Gasteiger partial charge on any atom is 0.258 e. The molecule has 0 aliphatic rings. The molecule has 0 unspecified atom stereocenters. The molecule has 2 aromatic rings. The Balaban J connectivity index is 2.39. The highest BCUT2D eigenvalue weighted by atomic mass is 16.5. The van der Waals surface area contributed by atoms with E-state index < -0.39 is 0 Å². The third-order valence-corrected chi connectivity index (χ3v) is 3.92. The Morgan fingerprint density at radius 3 is 2.44 bits per heavy atom. The molecule has 1 N–H and O–H groups in total. The van der Waals surface area contributed by atoms with Gasteiger partial charge in [-0.15, -0.1) is 0 Å². The fraction of sp³-hybridized carbons (Fsp3) is 0.500. The zero-order valence-electron chi connectivity index (χ0n) is 15.4. The van der Waals surface area contributed by atoms with Crippen LogP contribution in [-0.4, -0.2) is 41.5 Å². The first-order valence-electron chi connectivity index (χ1n) is 8.32. The maximum absolute atomic E-state index is 12.4. The van der Waals surface area contributed by atoms with Crippen molar-refractivity contribution in [2.75, 3.05) is 20.8 Å². The standard InChI is InChI=1S/C18H25N3O4/c1-6-21(17(22)7-11(2)3)10-16-19-13-9-15(25-5)14(24-4)8-12(13)18(23)20-16/h8-9,11H,6-7,10H2,1-5H3,(H,19,20,23). The van der Waals surface area contributed by atoms with E-state index in [-0.39, 0.29) is 23.9 Å². The molecule has 0 fully saturated rings. The second-order valence-corrected chi connectivity index (χ2v) is 6.24. The minimum Gasteiger partial charge on any atom is -0.493 e. The highest BCUT2D eigenvalue weighted by Crippen LogP contribution is 2.29. The summed E-state index contributed by atoms with van der Waals surface area (Å²) < 4.78 is 10.5. The van der Waals surface area contributed by atoms with Crippen molar-refractivity contribution in [2.24, 2.45) is 5.92 Å². The van der Waals surface area contributed by atoms with Gasteiger partial charge < -0.3 is 19.4 Å². The average molecular weight is 347 g/mol. The number of hydrogen-bond acceptors (Lipinski definition) is 5. The van der Waals surface area contributed by atoms with E-state index in [2.05, 4.69) is 9.97 Å². The van der Waals surface area contributed by atoms with Gasteiger partial charge in [0, 0.05) is 19.0 Å². The van der Waals surface area contributed by atoms with Crippen LogP contribution in [0.5, 0.6) is 11.5 Å². The van der Waals surface area contributed by atoms with Crippen LogP contribution in [0.25, 0.3) is 10.9 Å². The highest BCUT2D eigenvalue weighted by molar-refractivity contribution is 5.82. The number of methoxy groups -OCH3 is 2. The molecule has 1 amide bonds. The summed E-state index contributed by atoms with van der Waals surface area (Å²) in [6.07, 6.45) is 0.469. The molecule has 0 aliphatic carbocycles. The first-order chi connectivity index (χ1) is 11.9. The van der Waals surface area contributed by atoms with Crippen molar-refractivity contribution in [3.63, 3.8) is 0 Å². The quantitative estimate of drug-likeness (QED) is 0.831. The normalized spacial score (nSPS) is 11.0. The number of hydrogen-bond donors (Lipinski definition) is 1. The fourth-order valence-corrected chi connectivity index (χ4v) is 2.62. The monoisotopic (exact) mass is 347 g/mol. The van der Waals surface area contributed by atoms with E-state index in [1.807, 2.05) is 20.8 Å². The predicted octanol–water partition coefficient (Wildman–Crippen LogP) is 2.33. The lowest BCUT2D eigenvalue weighted by molar-refractivity contribution is -0.132. The van der Waals surface area contributed by atoms with E-state index in [9.17, 15) is 9.59 Å². The molecule has 0 radical (unpaired) electrons. The van der Waals surface area contributed by atoms with Crippen molar-refractivity contribution < 1.29 is 14.3 Å². The van der Waals surface area contributed by atoms with Crippen molar-refractivity contribution in [3.05, 3.63) is 28.3 Å². The Morgan fingerprint density at radius 1 is 1.24 bits per heavy atom. The number of carbonyl (C=O) groups is 1. The van der Waals surface area contributed by atoms with Crippen LogP contribution in [0.2, 0.25) is 0 Å². The minimum absolute atomic E-state index is 0.0487. The molecule has 0 saturated carbocycles. The van der Waals surface area contributed by atoms with E-state index >= 15 is 0 Å². The first kappa shape index (κ1) is 18.8. The van der Waals surface area contributed by atoms with E-state index in [0.717, 1.165) is 0 Å². The van der Waals surface area contributed by atoms with Crippen LogP contribution < -0.4 is 15.0 Å². The Morgan fingerprint density at radius 2 is 1.88 bits per heavy atom. The molecule has 25 heavy (non-hydrogen) atoms.